The molecule has 0 bridgehead atoms. The van der Waals surface area contributed by atoms with Crippen molar-refractivity contribution in [2.75, 3.05) is 4.90 Å². The van der Waals surface area contributed by atoms with Gasteiger partial charge in [0.15, 0.2) is 0 Å². The molecule has 2 nitrogen and oxygen atoms in total. The zero-order valence-corrected chi connectivity index (χ0v) is 37.2. The van der Waals surface area contributed by atoms with E-state index in [1.165, 1.54) is 11.1 Å². The number of para-hydroxylation sites is 2. The van der Waals surface area contributed by atoms with Gasteiger partial charge in [0.1, 0.15) is 0 Å². The molecule has 9 rings (SSSR count). The number of aromatic nitrogens is 1. The van der Waals surface area contributed by atoms with Gasteiger partial charge in [0.05, 0.1) is 11.2 Å². The third kappa shape index (κ3) is 7.48. The van der Waals surface area contributed by atoms with E-state index in [2.05, 4.69) is 107 Å². The molecule has 61 heavy (non-hydrogen) atoms. The average molecular weight is 981 g/mol. The fraction of sp³-hybridized carbons (Fsp3) is 0.161. The Labute approximate surface area is 374 Å². The minimum atomic E-state index is -0.899. The smallest absolute Gasteiger partial charge is 0.329 e. The summed E-state index contributed by atoms with van der Waals surface area (Å²) in [4.78, 5) is 7.47. The minimum Gasteiger partial charge on any atom is -0.329 e. The first-order valence-electron chi connectivity index (χ1n) is 20.4. The van der Waals surface area contributed by atoms with Crippen LogP contribution in [0, 0.1) is 29.8 Å². The number of fused-ring (bicyclic) bond motifs is 3. The molecule has 0 atom stereocenters. The van der Waals surface area contributed by atoms with Crippen LogP contribution < -0.4 is 4.90 Å². The van der Waals surface area contributed by atoms with Crippen molar-refractivity contribution in [1.29, 1.82) is 0 Å². The number of anilines is 3. The monoisotopic (exact) mass is 980 g/mol. The maximum absolute atomic E-state index is 16.3. The van der Waals surface area contributed by atoms with E-state index in [-0.39, 0.29) is 44.3 Å². The van der Waals surface area contributed by atoms with Crippen molar-refractivity contribution in [3.8, 4) is 33.5 Å². The topological polar surface area (TPSA) is 16.1 Å². The van der Waals surface area contributed by atoms with Gasteiger partial charge in [0, 0.05) is 28.6 Å². The van der Waals surface area contributed by atoms with Gasteiger partial charge in [-0.2, -0.15) is 60.2 Å². The Morgan fingerprint density at radius 3 is 1.66 bits per heavy atom. The number of hydrogen-bond donors (Lipinski definition) is 0. The molecule has 1 aromatic heterocycles. The van der Waals surface area contributed by atoms with Gasteiger partial charge in [-0.05, 0) is 80.2 Å². The van der Waals surface area contributed by atoms with Crippen LogP contribution in [-0.2, 0) is 38.6 Å². The van der Waals surface area contributed by atoms with Crippen molar-refractivity contribution < 1.29 is 31.2 Å². The van der Waals surface area contributed by atoms with E-state index in [0.29, 0.717) is 17.0 Å². The van der Waals surface area contributed by atoms with E-state index in [9.17, 15) is 0 Å². The molecule has 1 aliphatic carbocycles. The maximum Gasteiger partial charge on any atom is 3.00 e. The molecular weight excluding hydrogens is 936 g/mol. The largest absolute Gasteiger partial charge is 3.00 e. The SMILES string of the molecule is CC(C)(C)c1ccc2c(c1)C(c1[c-]cccc1)(c1cccc(-c3[c-]c(-c4[c-]ccc(N(c5ccccc5)c5ccccc5)c4)c(F)cc3F)n1)c1cc(C(C)(C)C)ccc1-2.[Au+3]. The van der Waals surface area contributed by atoms with E-state index in [4.69, 9.17) is 4.98 Å². The molecule has 1 heterocycles. The molecular formula is C56H45AuF2N2. The molecule has 1 aliphatic rings. The fourth-order valence-corrected chi connectivity index (χ4v) is 8.59. The van der Waals surface area contributed by atoms with Gasteiger partial charge in [-0.3, -0.25) is 13.8 Å². The van der Waals surface area contributed by atoms with Crippen molar-refractivity contribution in [2.24, 2.45) is 0 Å². The van der Waals surface area contributed by atoms with Crippen molar-refractivity contribution in [3.63, 3.8) is 0 Å². The van der Waals surface area contributed by atoms with Crippen molar-refractivity contribution in [2.45, 2.75) is 57.8 Å². The number of benzene rings is 7. The summed E-state index contributed by atoms with van der Waals surface area (Å²) in [5.41, 5.74) is 11.0. The summed E-state index contributed by atoms with van der Waals surface area (Å²) >= 11 is 0. The Balaban J connectivity index is 0.00000514. The van der Waals surface area contributed by atoms with Crippen molar-refractivity contribution in [3.05, 3.63) is 227 Å². The molecule has 0 radical (unpaired) electrons. The standard InChI is InChI=1S/C56H45F2N2.Au/c1-54(2,3)39-28-30-44-45-31-29-40(55(4,5)6)34-49(45)56(48(44)33-39,38-19-10-7-11-20-38)53-27-17-26-52(59-53)47-35-46(50(57)36-51(47)58)37-18-16-25-43(32-37)60(41-21-12-8-13-22-41)42-23-14-9-15-24-42;/h7-17,19,21-34,36H,1-6H3;/q-3;+3. The van der Waals surface area contributed by atoms with E-state index >= 15 is 8.78 Å². The summed E-state index contributed by atoms with van der Waals surface area (Å²) in [6, 6.07) is 63.9. The molecule has 5 heteroatoms. The summed E-state index contributed by atoms with van der Waals surface area (Å²) in [5.74, 6) is -1.48. The minimum absolute atomic E-state index is 0. The predicted molar refractivity (Wildman–Crippen MR) is 241 cm³/mol. The van der Waals surface area contributed by atoms with Crippen LogP contribution in [-0.4, -0.2) is 4.98 Å². The second-order valence-corrected chi connectivity index (χ2v) is 17.6. The van der Waals surface area contributed by atoms with Crippen LogP contribution in [0.1, 0.15) is 75.1 Å². The third-order valence-corrected chi connectivity index (χ3v) is 11.7. The second-order valence-electron chi connectivity index (χ2n) is 17.6. The van der Waals surface area contributed by atoms with Crippen LogP contribution in [0.2, 0.25) is 0 Å². The number of halogens is 2. The number of pyridine rings is 1. The van der Waals surface area contributed by atoms with Crippen LogP contribution in [0.3, 0.4) is 0 Å². The van der Waals surface area contributed by atoms with Gasteiger partial charge in [-0.1, -0.05) is 138 Å². The van der Waals surface area contributed by atoms with Crippen LogP contribution in [0.25, 0.3) is 33.5 Å². The fourth-order valence-electron chi connectivity index (χ4n) is 8.59. The van der Waals surface area contributed by atoms with E-state index in [1.807, 2.05) is 103 Å². The molecule has 0 amide bonds. The first-order valence-corrected chi connectivity index (χ1v) is 20.4. The Kier molecular flexibility index (Phi) is 11.1. The summed E-state index contributed by atoms with van der Waals surface area (Å²) in [5, 5.41) is 0. The predicted octanol–water partition coefficient (Wildman–Crippen LogP) is 14.5. The molecule has 0 N–H and O–H groups in total. The first kappa shape index (κ1) is 41.8. The molecule has 0 unspecified atom stereocenters. The Morgan fingerprint density at radius 1 is 0.525 bits per heavy atom. The van der Waals surface area contributed by atoms with Gasteiger partial charge in [-0.15, -0.1) is 11.6 Å². The normalized spacial score (nSPS) is 12.9. The molecule has 0 aliphatic heterocycles. The second kappa shape index (κ2) is 16.2. The van der Waals surface area contributed by atoms with Gasteiger partial charge in [0.2, 0.25) is 0 Å². The molecule has 0 saturated heterocycles. The van der Waals surface area contributed by atoms with Gasteiger partial charge >= 0.3 is 22.4 Å². The van der Waals surface area contributed by atoms with Crippen LogP contribution in [0.5, 0.6) is 0 Å². The van der Waals surface area contributed by atoms with Crippen LogP contribution >= 0.6 is 0 Å². The molecule has 8 aromatic rings. The summed E-state index contributed by atoms with van der Waals surface area (Å²) in [7, 11) is 0. The Bertz CT molecular complexity index is 2760. The molecule has 0 spiro atoms. The van der Waals surface area contributed by atoms with E-state index in [1.54, 1.807) is 12.1 Å². The molecule has 7 aromatic carbocycles. The average Bonchev–Trinajstić information content (AvgIpc) is 3.54. The summed E-state index contributed by atoms with van der Waals surface area (Å²) in [6.45, 7) is 13.3. The van der Waals surface area contributed by atoms with Gasteiger partial charge in [0.25, 0.3) is 0 Å². The zero-order valence-electron chi connectivity index (χ0n) is 35.0. The van der Waals surface area contributed by atoms with E-state index in [0.717, 1.165) is 50.9 Å². The van der Waals surface area contributed by atoms with Crippen molar-refractivity contribution >= 4 is 17.1 Å². The molecule has 0 fully saturated rings. The number of nitrogens with zero attached hydrogens (tertiary/aromatic N) is 2. The third-order valence-electron chi connectivity index (χ3n) is 11.7. The van der Waals surface area contributed by atoms with Crippen LogP contribution in [0.4, 0.5) is 25.8 Å². The zero-order chi connectivity index (χ0) is 41.8. The van der Waals surface area contributed by atoms with E-state index < -0.39 is 17.0 Å². The van der Waals surface area contributed by atoms with Gasteiger partial charge < -0.3 is 4.90 Å². The van der Waals surface area contributed by atoms with Crippen LogP contribution in [0.15, 0.2) is 164 Å². The quantitative estimate of drug-likeness (QED) is 0.117. The number of hydrogen-bond acceptors (Lipinski definition) is 2. The summed E-state index contributed by atoms with van der Waals surface area (Å²) < 4.78 is 32.4. The number of rotatable bonds is 7. The Morgan fingerprint density at radius 2 is 1.10 bits per heavy atom. The van der Waals surface area contributed by atoms with Gasteiger partial charge in [-0.25, -0.2) is 5.56 Å². The maximum atomic E-state index is 16.3. The van der Waals surface area contributed by atoms with Crippen molar-refractivity contribution in [1.82, 2.24) is 4.98 Å². The first-order chi connectivity index (χ1) is 28.8. The molecule has 304 valence electrons. The molecule has 0 saturated carbocycles. The summed E-state index contributed by atoms with van der Waals surface area (Å²) in [6.07, 6.45) is 0. The Hall–Kier alpha value is -5.91.